The number of hydrogen-bond acceptors (Lipinski definition) is 3. The molecule has 0 saturated heterocycles. The van der Waals surface area contributed by atoms with Gasteiger partial charge >= 0.3 is 12.0 Å². The van der Waals surface area contributed by atoms with Crippen molar-refractivity contribution in [2.45, 2.75) is 19.8 Å². The van der Waals surface area contributed by atoms with E-state index in [1.54, 1.807) is 18.5 Å². The number of rotatable bonds is 5. The summed E-state index contributed by atoms with van der Waals surface area (Å²) in [5, 5.41) is 13.6. The van der Waals surface area contributed by atoms with Crippen molar-refractivity contribution in [2.75, 3.05) is 11.9 Å². The molecule has 0 unspecified atom stereocenters. The molecule has 6 nitrogen and oxygen atoms in total. The predicted octanol–water partition coefficient (Wildman–Crippen LogP) is 1.38. The number of aromatic nitrogens is 1. The van der Waals surface area contributed by atoms with Crippen LogP contribution >= 0.6 is 0 Å². The van der Waals surface area contributed by atoms with Crippen LogP contribution in [0.1, 0.15) is 18.4 Å². The molecule has 0 aliphatic heterocycles. The standard InChI is InChI=1S/C11H15N3O3/c1-8-4-6-12-7-9(8)14-11(17)13-5-2-3-10(15)16/h4,6-7H,2-3,5H2,1H3,(H,15,16)(H2,13,14,17). The first-order valence-corrected chi connectivity index (χ1v) is 5.27. The molecule has 1 rings (SSSR count). The minimum atomic E-state index is -0.865. The van der Waals surface area contributed by atoms with Crippen LogP contribution in [0.15, 0.2) is 18.5 Å². The van der Waals surface area contributed by atoms with Gasteiger partial charge in [-0.15, -0.1) is 0 Å². The van der Waals surface area contributed by atoms with Crippen LogP contribution in [0.3, 0.4) is 0 Å². The minimum absolute atomic E-state index is 0.0478. The molecule has 92 valence electrons. The van der Waals surface area contributed by atoms with Gasteiger partial charge in [0.2, 0.25) is 0 Å². The molecule has 0 aromatic carbocycles. The molecule has 1 heterocycles. The number of carbonyl (C=O) groups is 2. The van der Waals surface area contributed by atoms with E-state index in [0.717, 1.165) is 5.56 Å². The molecule has 2 amide bonds. The maximum atomic E-state index is 11.4. The van der Waals surface area contributed by atoms with Crippen LogP contribution in [-0.4, -0.2) is 28.6 Å². The number of pyridine rings is 1. The number of nitrogens with one attached hydrogen (secondary N) is 2. The summed E-state index contributed by atoms with van der Waals surface area (Å²) in [6.45, 7) is 2.19. The van der Waals surface area contributed by atoms with E-state index in [2.05, 4.69) is 15.6 Å². The summed E-state index contributed by atoms with van der Waals surface area (Å²) in [6, 6.07) is 1.44. The highest BCUT2D eigenvalue weighted by molar-refractivity contribution is 5.89. The topological polar surface area (TPSA) is 91.3 Å². The Kier molecular flexibility index (Phi) is 4.93. The quantitative estimate of drug-likeness (QED) is 0.674. The van der Waals surface area contributed by atoms with E-state index in [0.29, 0.717) is 18.7 Å². The van der Waals surface area contributed by atoms with Crippen molar-refractivity contribution in [2.24, 2.45) is 0 Å². The summed E-state index contributed by atoms with van der Waals surface area (Å²) >= 11 is 0. The first-order valence-electron chi connectivity index (χ1n) is 5.27. The summed E-state index contributed by atoms with van der Waals surface area (Å²) in [4.78, 5) is 25.6. The number of nitrogens with zero attached hydrogens (tertiary/aromatic N) is 1. The van der Waals surface area contributed by atoms with Gasteiger partial charge < -0.3 is 15.7 Å². The number of hydrogen-bond donors (Lipinski definition) is 3. The Morgan fingerprint density at radius 2 is 2.24 bits per heavy atom. The van der Waals surface area contributed by atoms with Gasteiger partial charge in [0.05, 0.1) is 11.9 Å². The van der Waals surface area contributed by atoms with Crippen molar-refractivity contribution < 1.29 is 14.7 Å². The number of urea groups is 1. The monoisotopic (exact) mass is 237 g/mol. The Morgan fingerprint density at radius 3 is 2.88 bits per heavy atom. The van der Waals surface area contributed by atoms with Crippen molar-refractivity contribution in [1.29, 1.82) is 0 Å². The normalized spacial score (nSPS) is 9.71. The fraction of sp³-hybridized carbons (Fsp3) is 0.364. The van der Waals surface area contributed by atoms with E-state index in [-0.39, 0.29) is 12.5 Å². The van der Waals surface area contributed by atoms with Gasteiger partial charge in [-0.25, -0.2) is 4.79 Å². The van der Waals surface area contributed by atoms with Gasteiger partial charge in [0.1, 0.15) is 0 Å². The van der Waals surface area contributed by atoms with Gasteiger partial charge in [-0.05, 0) is 25.0 Å². The minimum Gasteiger partial charge on any atom is -0.481 e. The highest BCUT2D eigenvalue weighted by Crippen LogP contribution is 2.10. The highest BCUT2D eigenvalue weighted by Gasteiger charge is 2.03. The van der Waals surface area contributed by atoms with Gasteiger partial charge in [0.25, 0.3) is 0 Å². The molecule has 0 bridgehead atoms. The second kappa shape index (κ2) is 6.47. The maximum absolute atomic E-state index is 11.4. The highest BCUT2D eigenvalue weighted by atomic mass is 16.4. The Bertz CT molecular complexity index is 407. The van der Waals surface area contributed by atoms with Crippen molar-refractivity contribution in [3.63, 3.8) is 0 Å². The Labute approximate surface area is 99.1 Å². The van der Waals surface area contributed by atoms with E-state index in [1.165, 1.54) is 0 Å². The van der Waals surface area contributed by atoms with E-state index in [1.807, 2.05) is 6.92 Å². The van der Waals surface area contributed by atoms with Crippen molar-refractivity contribution in [3.8, 4) is 0 Å². The van der Waals surface area contributed by atoms with E-state index >= 15 is 0 Å². The SMILES string of the molecule is Cc1ccncc1NC(=O)NCCCC(=O)O. The fourth-order valence-corrected chi connectivity index (χ4v) is 1.20. The molecule has 3 N–H and O–H groups in total. The van der Waals surface area contributed by atoms with Crippen molar-refractivity contribution >= 4 is 17.7 Å². The Morgan fingerprint density at radius 1 is 1.47 bits per heavy atom. The van der Waals surface area contributed by atoms with Gasteiger partial charge in [-0.2, -0.15) is 0 Å². The van der Waals surface area contributed by atoms with Crippen LogP contribution in [-0.2, 0) is 4.79 Å². The molecule has 0 radical (unpaired) electrons. The molecule has 1 aromatic heterocycles. The van der Waals surface area contributed by atoms with Crippen LogP contribution in [0.25, 0.3) is 0 Å². The summed E-state index contributed by atoms with van der Waals surface area (Å²) in [6.07, 6.45) is 3.67. The second-order valence-corrected chi connectivity index (χ2v) is 3.57. The van der Waals surface area contributed by atoms with Gasteiger partial charge in [0, 0.05) is 19.2 Å². The van der Waals surface area contributed by atoms with Crippen molar-refractivity contribution in [3.05, 3.63) is 24.0 Å². The van der Waals surface area contributed by atoms with Gasteiger partial charge in [-0.3, -0.25) is 9.78 Å². The van der Waals surface area contributed by atoms with Crippen LogP contribution < -0.4 is 10.6 Å². The van der Waals surface area contributed by atoms with E-state index in [4.69, 9.17) is 5.11 Å². The third-order valence-electron chi connectivity index (χ3n) is 2.14. The van der Waals surface area contributed by atoms with Crippen LogP contribution in [0, 0.1) is 6.92 Å². The van der Waals surface area contributed by atoms with Crippen LogP contribution in [0.5, 0.6) is 0 Å². The van der Waals surface area contributed by atoms with Crippen LogP contribution in [0.2, 0.25) is 0 Å². The number of carbonyl (C=O) groups excluding carboxylic acids is 1. The number of carboxylic acids is 1. The third kappa shape index (κ3) is 4.96. The molecule has 0 atom stereocenters. The van der Waals surface area contributed by atoms with E-state index < -0.39 is 5.97 Å². The molecule has 0 aliphatic rings. The third-order valence-corrected chi connectivity index (χ3v) is 2.14. The van der Waals surface area contributed by atoms with E-state index in [9.17, 15) is 9.59 Å². The number of amides is 2. The summed E-state index contributed by atoms with van der Waals surface area (Å²) < 4.78 is 0. The first kappa shape index (κ1) is 13.0. The summed E-state index contributed by atoms with van der Waals surface area (Å²) in [5.74, 6) is -0.865. The molecule has 0 aliphatic carbocycles. The Hall–Kier alpha value is -2.11. The zero-order chi connectivity index (χ0) is 12.7. The number of carboxylic acid groups (broad SMARTS) is 1. The fourth-order valence-electron chi connectivity index (χ4n) is 1.20. The molecule has 6 heteroatoms. The lowest BCUT2D eigenvalue weighted by Gasteiger charge is -2.08. The molecular weight excluding hydrogens is 222 g/mol. The maximum Gasteiger partial charge on any atom is 0.319 e. The zero-order valence-corrected chi connectivity index (χ0v) is 9.56. The second-order valence-electron chi connectivity index (χ2n) is 3.57. The number of anilines is 1. The smallest absolute Gasteiger partial charge is 0.319 e. The molecular formula is C11H15N3O3. The molecule has 1 aromatic rings. The Balaban J connectivity index is 2.30. The van der Waals surface area contributed by atoms with Gasteiger partial charge in [-0.1, -0.05) is 0 Å². The number of aliphatic carboxylic acids is 1. The molecule has 17 heavy (non-hydrogen) atoms. The zero-order valence-electron chi connectivity index (χ0n) is 9.56. The molecule has 0 spiro atoms. The lowest BCUT2D eigenvalue weighted by atomic mass is 10.2. The van der Waals surface area contributed by atoms with Gasteiger partial charge in [0.15, 0.2) is 0 Å². The largest absolute Gasteiger partial charge is 0.481 e. The number of aryl methyl sites for hydroxylation is 1. The summed E-state index contributed by atoms with van der Waals surface area (Å²) in [7, 11) is 0. The molecule has 0 fully saturated rings. The average Bonchev–Trinajstić information content (AvgIpc) is 2.27. The first-order chi connectivity index (χ1) is 8.09. The lowest BCUT2D eigenvalue weighted by molar-refractivity contribution is -0.137. The van der Waals surface area contributed by atoms with Crippen molar-refractivity contribution in [1.82, 2.24) is 10.3 Å². The van der Waals surface area contributed by atoms with Crippen LogP contribution in [0.4, 0.5) is 10.5 Å². The predicted molar refractivity (Wildman–Crippen MR) is 62.9 cm³/mol. The molecule has 0 saturated carbocycles. The summed E-state index contributed by atoms with van der Waals surface area (Å²) in [5.41, 5.74) is 1.56. The lowest BCUT2D eigenvalue weighted by Crippen LogP contribution is -2.30. The average molecular weight is 237 g/mol.